The number of hydrogen-bond acceptors (Lipinski definition) is 7. The first kappa shape index (κ1) is 29.9. The monoisotopic (exact) mass is 466 g/mol. The highest BCUT2D eigenvalue weighted by molar-refractivity contribution is 6.62. The third-order valence-corrected chi connectivity index (χ3v) is 12.1. The van der Waals surface area contributed by atoms with E-state index in [0.717, 1.165) is 0 Å². The van der Waals surface area contributed by atoms with E-state index in [1.54, 1.807) is 0 Å². The fourth-order valence-corrected chi connectivity index (χ4v) is 9.16. The molecule has 0 bridgehead atoms. The van der Waals surface area contributed by atoms with Crippen LogP contribution in [-0.2, 0) is 31.4 Å². The Kier molecular flexibility index (Phi) is 16.4. The quantitative estimate of drug-likeness (QED) is 0.234. The maximum absolute atomic E-state index is 12.6. The van der Waals surface area contributed by atoms with Crippen LogP contribution in [0.2, 0.25) is 11.1 Å². The average molecular weight is 467 g/mol. The Morgan fingerprint density at radius 3 is 1.00 bits per heavy atom. The van der Waals surface area contributed by atoms with Gasteiger partial charge in [0, 0.05) is 63.6 Å². The Balaban J connectivity index is 4.87. The zero-order valence-corrected chi connectivity index (χ0v) is 22.6. The Bertz CT molecular complexity index is 379. The third kappa shape index (κ3) is 9.56. The lowest BCUT2D eigenvalue weighted by Gasteiger charge is -2.34. The van der Waals surface area contributed by atoms with Crippen LogP contribution in [0.3, 0.4) is 0 Å². The van der Waals surface area contributed by atoms with Crippen LogP contribution >= 0.6 is 0 Å². The van der Waals surface area contributed by atoms with E-state index in [-0.39, 0.29) is 16.9 Å². The number of hydrogen-bond donors (Lipinski definition) is 0. The van der Waals surface area contributed by atoms with E-state index in [9.17, 15) is 4.79 Å². The largest absolute Gasteiger partial charge is 0.503 e. The third-order valence-electron chi connectivity index (χ3n) is 4.99. The minimum Gasteiger partial charge on any atom is -0.374 e. The van der Waals surface area contributed by atoms with Gasteiger partial charge in [0.1, 0.15) is 5.78 Å². The smallest absolute Gasteiger partial charge is 0.374 e. The SMILES string of the molecule is CCO[Si](OCC)(OCC)C(C)CCC(=O)CCC(C)[Si](OCC)(OCC)OCC. The van der Waals surface area contributed by atoms with E-state index in [1.807, 2.05) is 41.5 Å². The van der Waals surface area contributed by atoms with E-state index in [1.165, 1.54) is 0 Å². The van der Waals surface area contributed by atoms with Gasteiger partial charge in [-0.25, -0.2) is 0 Å². The van der Waals surface area contributed by atoms with Crippen LogP contribution in [0.1, 0.15) is 81.1 Å². The first-order valence-electron chi connectivity index (χ1n) is 11.7. The number of Topliss-reactive ketones (excluding diaryl/α,β-unsaturated/α-hetero) is 1. The van der Waals surface area contributed by atoms with Crippen LogP contribution in [0.25, 0.3) is 0 Å². The zero-order chi connectivity index (χ0) is 23.0. The molecule has 0 radical (unpaired) electrons. The van der Waals surface area contributed by atoms with Gasteiger partial charge in [0.2, 0.25) is 0 Å². The lowest BCUT2D eigenvalue weighted by Crippen LogP contribution is -2.50. The normalized spacial score (nSPS) is 14.7. The fraction of sp³-hybridized carbons (Fsp3) is 0.952. The highest BCUT2D eigenvalue weighted by atomic mass is 28.4. The molecule has 0 aromatic rings. The van der Waals surface area contributed by atoms with Crippen molar-refractivity contribution in [3.8, 4) is 0 Å². The van der Waals surface area contributed by atoms with E-state index in [0.29, 0.717) is 65.3 Å². The van der Waals surface area contributed by atoms with Gasteiger partial charge in [-0.15, -0.1) is 0 Å². The lowest BCUT2D eigenvalue weighted by atomic mass is 10.1. The molecule has 0 N–H and O–H groups in total. The lowest BCUT2D eigenvalue weighted by molar-refractivity contribution is -0.119. The van der Waals surface area contributed by atoms with Gasteiger partial charge < -0.3 is 26.6 Å². The highest BCUT2D eigenvalue weighted by Crippen LogP contribution is 2.32. The van der Waals surface area contributed by atoms with E-state index >= 15 is 0 Å². The number of rotatable bonds is 20. The van der Waals surface area contributed by atoms with Crippen molar-refractivity contribution in [3.05, 3.63) is 0 Å². The molecule has 9 heteroatoms. The first-order valence-corrected chi connectivity index (χ1v) is 15.3. The van der Waals surface area contributed by atoms with Crippen LogP contribution in [0, 0.1) is 0 Å². The Morgan fingerprint density at radius 2 is 0.800 bits per heavy atom. The van der Waals surface area contributed by atoms with Crippen molar-refractivity contribution in [1.29, 1.82) is 0 Å². The second kappa shape index (κ2) is 16.5. The molecule has 0 aromatic heterocycles. The number of ketones is 1. The van der Waals surface area contributed by atoms with E-state index < -0.39 is 17.6 Å². The number of carbonyl (C=O) groups excluding carboxylic acids is 1. The summed E-state index contributed by atoms with van der Waals surface area (Å²) in [5.41, 5.74) is 0.143. The molecule has 0 aliphatic carbocycles. The maximum Gasteiger partial charge on any atom is 0.503 e. The summed E-state index contributed by atoms with van der Waals surface area (Å²) < 4.78 is 35.8. The van der Waals surface area contributed by atoms with Crippen LogP contribution in [0.4, 0.5) is 0 Å². The molecule has 2 atom stereocenters. The van der Waals surface area contributed by atoms with Crippen molar-refractivity contribution in [2.45, 2.75) is 92.2 Å². The molecule has 180 valence electrons. The van der Waals surface area contributed by atoms with Crippen molar-refractivity contribution in [1.82, 2.24) is 0 Å². The van der Waals surface area contributed by atoms with Crippen molar-refractivity contribution < 1.29 is 31.4 Å². The molecule has 0 heterocycles. The molecule has 2 unspecified atom stereocenters. The van der Waals surface area contributed by atoms with Crippen LogP contribution < -0.4 is 0 Å². The van der Waals surface area contributed by atoms with Gasteiger partial charge in [0.15, 0.2) is 0 Å². The van der Waals surface area contributed by atoms with Gasteiger partial charge in [0.25, 0.3) is 0 Å². The van der Waals surface area contributed by atoms with Crippen molar-refractivity contribution in [3.63, 3.8) is 0 Å². The summed E-state index contributed by atoms with van der Waals surface area (Å²) in [6, 6.07) is 0. The topological polar surface area (TPSA) is 72.5 Å². The molecule has 0 spiro atoms. The summed E-state index contributed by atoms with van der Waals surface area (Å²) in [5.74, 6) is 0.230. The van der Waals surface area contributed by atoms with Crippen LogP contribution in [-0.4, -0.2) is 63.0 Å². The maximum atomic E-state index is 12.6. The van der Waals surface area contributed by atoms with Gasteiger partial charge in [-0.2, -0.15) is 0 Å². The van der Waals surface area contributed by atoms with Gasteiger partial charge in [-0.1, -0.05) is 13.8 Å². The van der Waals surface area contributed by atoms with E-state index in [2.05, 4.69) is 13.8 Å². The molecule has 0 amide bonds. The molecule has 0 aliphatic rings. The van der Waals surface area contributed by atoms with E-state index in [4.69, 9.17) is 26.6 Å². The predicted octanol–water partition coefficient (Wildman–Crippen LogP) is 4.99. The molecule has 0 rings (SSSR count). The highest BCUT2D eigenvalue weighted by Gasteiger charge is 2.47. The predicted molar refractivity (Wildman–Crippen MR) is 124 cm³/mol. The fourth-order valence-electron chi connectivity index (χ4n) is 3.54. The molecule has 7 nitrogen and oxygen atoms in total. The summed E-state index contributed by atoms with van der Waals surface area (Å²) >= 11 is 0. The molecular weight excluding hydrogens is 420 g/mol. The summed E-state index contributed by atoms with van der Waals surface area (Å²) in [7, 11) is -5.56. The molecule has 0 fully saturated rings. The Labute approximate surface area is 186 Å². The molecule has 0 aromatic carbocycles. The standard InChI is InChI=1S/C21H46O7Si2/c1-9-23-29(24-10-2,25-11-3)19(7)15-17-21(22)18-16-20(8)30(26-12-4,27-13-5)28-14-6/h19-20H,9-18H2,1-8H3. The Hall–Kier alpha value is -0.136. The first-order chi connectivity index (χ1) is 14.3. The summed E-state index contributed by atoms with van der Waals surface area (Å²) in [4.78, 5) is 12.6. The molecular formula is C21H46O7Si2. The van der Waals surface area contributed by atoms with Crippen LogP contribution in [0.15, 0.2) is 0 Å². The summed E-state index contributed by atoms with van der Waals surface area (Å²) in [5, 5.41) is 0. The van der Waals surface area contributed by atoms with Crippen molar-refractivity contribution >= 4 is 23.4 Å². The molecule has 30 heavy (non-hydrogen) atoms. The number of carbonyl (C=O) groups is 1. The summed E-state index contributed by atoms with van der Waals surface area (Å²) in [6.07, 6.45) is 2.37. The average Bonchev–Trinajstić information content (AvgIpc) is 2.71. The second-order valence-corrected chi connectivity index (χ2v) is 13.3. The molecule has 0 saturated carbocycles. The van der Waals surface area contributed by atoms with Crippen LogP contribution in [0.5, 0.6) is 0 Å². The second-order valence-electron chi connectivity index (χ2n) is 7.22. The van der Waals surface area contributed by atoms with Crippen molar-refractivity contribution in [2.75, 3.05) is 39.6 Å². The zero-order valence-electron chi connectivity index (χ0n) is 20.6. The Morgan fingerprint density at radius 1 is 0.567 bits per heavy atom. The molecule has 0 saturated heterocycles. The van der Waals surface area contributed by atoms with Gasteiger partial charge in [0.05, 0.1) is 0 Å². The summed E-state index contributed by atoms with van der Waals surface area (Å²) in [6.45, 7) is 19.1. The minimum absolute atomic E-state index is 0.0717. The van der Waals surface area contributed by atoms with Gasteiger partial charge >= 0.3 is 17.6 Å². The van der Waals surface area contributed by atoms with Gasteiger partial charge in [-0.05, 0) is 54.4 Å². The van der Waals surface area contributed by atoms with Gasteiger partial charge in [-0.3, -0.25) is 4.79 Å². The van der Waals surface area contributed by atoms with Crippen molar-refractivity contribution in [2.24, 2.45) is 0 Å². The minimum atomic E-state index is -2.78. The molecule has 0 aliphatic heterocycles.